The van der Waals surface area contributed by atoms with Crippen LogP contribution in [-0.4, -0.2) is 13.2 Å². The molecule has 3 aromatic rings. The molecule has 0 N–H and O–H groups in total. The molecule has 0 atom stereocenters. The molecule has 4 nitrogen and oxygen atoms in total. The van der Waals surface area contributed by atoms with Crippen LogP contribution in [0.15, 0.2) is 51.7 Å². The van der Waals surface area contributed by atoms with E-state index >= 15 is 0 Å². The van der Waals surface area contributed by atoms with Gasteiger partial charge in [-0.3, -0.25) is 0 Å². The van der Waals surface area contributed by atoms with Crippen molar-refractivity contribution in [3.63, 3.8) is 0 Å². The predicted octanol–water partition coefficient (Wildman–Crippen LogP) is 4.52. The first kappa shape index (κ1) is 16.4. The smallest absolute Gasteiger partial charge is 0.336 e. The Morgan fingerprint density at radius 3 is 2.62 bits per heavy atom. The summed E-state index contributed by atoms with van der Waals surface area (Å²) < 4.78 is 16.5. The molecule has 2 aromatic carbocycles. The third kappa shape index (κ3) is 3.71. The average Bonchev–Trinajstić information content (AvgIpc) is 2.53. The second-order valence-electron chi connectivity index (χ2n) is 5.54. The van der Waals surface area contributed by atoms with Crippen LogP contribution in [-0.2, 0) is 0 Å². The topological polar surface area (TPSA) is 48.7 Å². The first-order valence-corrected chi connectivity index (χ1v) is 7.97. The molecule has 0 spiro atoms. The lowest BCUT2D eigenvalue weighted by atomic mass is 10.1. The number of benzene rings is 2. The van der Waals surface area contributed by atoms with E-state index in [2.05, 4.69) is 0 Å². The van der Waals surface area contributed by atoms with Crippen molar-refractivity contribution >= 4 is 22.6 Å². The van der Waals surface area contributed by atoms with E-state index in [1.54, 1.807) is 12.1 Å². The summed E-state index contributed by atoms with van der Waals surface area (Å²) in [6, 6.07) is 12.6. The van der Waals surface area contributed by atoms with Gasteiger partial charge < -0.3 is 13.9 Å². The highest BCUT2D eigenvalue weighted by molar-refractivity contribution is 6.32. The Labute approximate surface area is 144 Å². The van der Waals surface area contributed by atoms with Crippen molar-refractivity contribution in [2.45, 2.75) is 13.8 Å². The summed E-state index contributed by atoms with van der Waals surface area (Å²) in [6.07, 6.45) is 0. The van der Waals surface area contributed by atoms with Gasteiger partial charge in [-0.25, -0.2) is 4.79 Å². The quantitative estimate of drug-likeness (QED) is 0.504. The third-order valence-electron chi connectivity index (χ3n) is 3.60. The molecule has 0 saturated heterocycles. The van der Waals surface area contributed by atoms with Crippen molar-refractivity contribution in [2.75, 3.05) is 13.2 Å². The van der Waals surface area contributed by atoms with E-state index in [1.165, 1.54) is 6.07 Å². The maximum Gasteiger partial charge on any atom is 0.336 e. The maximum absolute atomic E-state index is 11.5. The molecule has 5 heteroatoms. The van der Waals surface area contributed by atoms with Crippen molar-refractivity contribution in [3.8, 4) is 11.5 Å². The number of hydrogen-bond donors (Lipinski definition) is 0. The highest BCUT2D eigenvalue weighted by Crippen LogP contribution is 2.31. The molecule has 0 unspecified atom stereocenters. The third-order valence-corrected chi connectivity index (χ3v) is 3.90. The van der Waals surface area contributed by atoms with Crippen LogP contribution < -0.4 is 15.1 Å². The lowest BCUT2D eigenvalue weighted by Crippen LogP contribution is -2.09. The van der Waals surface area contributed by atoms with E-state index < -0.39 is 5.63 Å². The molecule has 0 amide bonds. The summed E-state index contributed by atoms with van der Waals surface area (Å²) in [5, 5.41) is 1.26. The zero-order chi connectivity index (χ0) is 17.1. The molecule has 0 saturated carbocycles. The van der Waals surface area contributed by atoms with Crippen LogP contribution in [0.5, 0.6) is 11.5 Å². The first-order chi connectivity index (χ1) is 11.5. The molecular formula is C19H17ClO4. The molecule has 24 heavy (non-hydrogen) atoms. The fourth-order valence-electron chi connectivity index (χ4n) is 2.45. The van der Waals surface area contributed by atoms with Crippen LogP contribution in [0.3, 0.4) is 0 Å². The summed E-state index contributed by atoms with van der Waals surface area (Å²) in [4.78, 5) is 11.5. The van der Waals surface area contributed by atoms with Gasteiger partial charge in [-0.15, -0.1) is 0 Å². The lowest BCUT2D eigenvalue weighted by Gasteiger charge is -2.11. The van der Waals surface area contributed by atoms with E-state index in [0.29, 0.717) is 29.6 Å². The molecule has 0 aliphatic carbocycles. The van der Waals surface area contributed by atoms with E-state index in [0.717, 1.165) is 22.3 Å². The number of aryl methyl sites for hydroxylation is 2. The van der Waals surface area contributed by atoms with Gasteiger partial charge in [-0.05, 0) is 43.2 Å². The zero-order valence-electron chi connectivity index (χ0n) is 13.5. The van der Waals surface area contributed by atoms with Crippen LogP contribution in [0, 0.1) is 13.8 Å². The Morgan fingerprint density at radius 2 is 1.83 bits per heavy atom. The summed E-state index contributed by atoms with van der Waals surface area (Å²) in [6.45, 7) is 4.56. The standard InChI is InChI=1S/C19H17ClO4/c1-12-4-3-5-14(8-12)22-6-7-23-18-11-17-15(10-16(18)20)13(2)9-19(21)24-17/h3-5,8-11H,6-7H2,1-2H3. The number of hydrogen-bond acceptors (Lipinski definition) is 4. The minimum atomic E-state index is -0.393. The average molecular weight is 345 g/mol. The van der Waals surface area contributed by atoms with Crippen molar-refractivity contribution in [1.82, 2.24) is 0 Å². The Hall–Kier alpha value is -2.46. The molecule has 1 heterocycles. The Balaban J connectivity index is 1.69. The molecule has 124 valence electrons. The highest BCUT2D eigenvalue weighted by atomic mass is 35.5. The van der Waals surface area contributed by atoms with E-state index in [9.17, 15) is 4.79 Å². The number of fused-ring (bicyclic) bond motifs is 1. The van der Waals surface area contributed by atoms with E-state index in [-0.39, 0.29) is 0 Å². The minimum absolute atomic E-state index is 0.329. The second kappa shape index (κ2) is 6.97. The molecule has 0 fully saturated rings. The monoisotopic (exact) mass is 344 g/mol. The van der Waals surface area contributed by atoms with E-state index in [1.807, 2.05) is 38.1 Å². The van der Waals surface area contributed by atoms with Gasteiger partial charge >= 0.3 is 5.63 Å². The Bertz CT molecular complexity index is 930. The van der Waals surface area contributed by atoms with Crippen LogP contribution in [0.4, 0.5) is 0 Å². The van der Waals surface area contributed by atoms with Gasteiger partial charge in [0.1, 0.15) is 30.3 Å². The van der Waals surface area contributed by atoms with Crippen LogP contribution in [0.1, 0.15) is 11.1 Å². The van der Waals surface area contributed by atoms with Gasteiger partial charge in [-0.1, -0.05) is 23.7 Å². The zero-order valence-corrected chi connectivity index (χ0v) is 14.2. The van der Waals surface area contributed by atoms with Crippen LogP contribution >= 0.6 is 11.6 Å². The fourth-order valence-corrected chi connectivity index (χ4v) is 2.66. The van der Waals surface area contributed by atoms with Crippen molar-refractivity contribution in [1.29, 1.82) is 0 Å². The number of ether oxygens (including phenoxy) is 2. The molecular weight excluding hydrogens is 328 g/mol. The summed E-state index contributed by atoms with van der Waals surface area (Å²) in [5.74, 6) is 1.26. The van der Waals surface area contributed by atoms with Crippen molar-refractivity contribution < 1.29 is 13.9 Å². The van der Waals surface area contributed by atoms with Crippen LogP contribution in [0.2, 0.25) is 5.02 Å². The largest absolute Gasteiger partial charge is 0.490 e. The second-order valence-corrected chi connectivity index (χ2v) is 5.95. The van der Waals surface area contributed by atoms with Gasteiger partial charge in [-0.2, -0.15) is 0 Å². The molecule has 0 bridgehead atoms. The van der Waals surface area contributed by atoms with Gasteiger partial charge in [0.05, 0.1) is 5.02 Å². The first-order valence-electron chi connectivity index (χ1n) is 7.59. The highest BCUT2D eigenvalue weighted by Gasteiger charge is 2.09. The Morgan fingerprint density at radius 1 is 1.04 bits per heavy atom. The summed E-state index contributed by atoms with van der Waals surface area (Å²) in [5.41, 5.74) is 2.02. The fraction of sp³-hybridized carbons (Fsp3) is 0.211. The molecule has 0 aliphatic rings. The molecule has 0 radical (unpaired) electrons. The predicted molar refractivity (Wildman–Crippen MR) is 94.4 cm³/mol. The SMILES string of the molecule is Cc1cccc(OCCOc2cc3oc(=O)cc(C)c3cc2Cl)c1. The van der Waals surface area contributed by atoms with Gasteiger partial charge in [0.25, 0.3) is 0 Å². The van der Waals surface area contributed by atoms with Crippen molar-refractivity contribution in [2.24, 2.45) is 0 Å². The number of rotatable bonds is 5. The summed E-state index contributed by atoms with van der Waals surface area (Å²) >= 11 is 6.25. The molecule has 3 rings (SSSR count). The van der Waals surface area contributed by atoms with Gasteiger partial charge in [0.15, 0.2) is 0 Å². The lowest BCUT2D eigenvalue weighted by molar-refractivity contribution is 0.217. The maximum atomic E-state index is 11.5. The van der Waals surface area contributed by atoms with Gasteiger partial charge in [0, 0.05) is 17.5 Å². The normalized spacial score (nSPS) is 10.8. The molecule has 1 aromatic heterocycles. The van der Waals surface area contributed by atoms with Crippen molar-refractivity contribution in [3.05, 3.63) is 69.0 Å². The van der Waals surface area contributed by atoms with Gasteiger partial charge in [0.2, 0.25) is 0 Å². The van der Waals surface area contributed by atoms with E-state index in [4.69, 9.17) is 25.5 Å². The number of halogens is 1. The van der Waals surface area contributed by atoms with Crippen LogP contribution in [0.25, 0.3) is 11.0 Å². The molecule has 0 aliphatic heterocycles. The summed E-state index contributed by atoms with van der Waals surface area (Å²) in [7, 11) is 0. The minimum Gasteiger partial charge on any atom is -0.490 e. The Kier molecular flexibility index (Phi) is 4.76.